The minimum Gasteiger partial charge on any atom is -0.369 e. The van der Waals surface area contributed by atoms with E-state index in [1.165, 1.54) is 0 Å². The van der Waals surface area contributed by atoms with Crippen LogP contribution in [0.1, 0.15) is 25.7 Å². The average Bonchev–Trinajstić information content (AvgIpc) is 2.62. The second-order valence-electron chi connectivity index (χ2n) is 3.55. The minimum atomic E-state index is -0.301. The van der Waals surface area contributed by atoms with Crippen LogP contribution in [0, 0.1) is 0 Å². The van der Waals surface area contributed by atoms with E-state index in [2.05, 4.69) is 25.3 Å². The Kier molecular flexibility index (Phi) is 2.61. The predicted molar refractivity (Wildman–Crippen MR) is 61.0 cm³/mol. The fourth-order valence-corrected chi connectivity index (χ4v) is 1.55. The molecule has 16 heavy (non-hydrogen) atoms. The largest absolute Gasteiger partial charge is 0.369 e. The molecular formula is C9H14N6O. The standard InChI is InChI=1S/C9H14N6O/c1-3-11-4(2)6-12-5-7(13-6)14-9(10)15-8(5)16/h4,11H,3H2,1-2H3,(H4,10,12,13,14,15,16). The van der Waals surface area contributed by atoms with Gasteiger partial charge >= 0.3 is 0 Å². The van der Waals surface area contributed by atoms with Gasteiger partial charge in [-0.15, -0.1) is 0 Å². The molecule has 0 aromatic carbocycles. The van der Waals surface area contributed by atoms with Crippen LogP contribution >= 0.6 is 0 Å². The number of H-pyrrole nitrogens is 2. The Morgan fingerprint density at radius 1 is 1.44 bits per heavy atom. The molecule has 2 aromatic heterocycles. The lowest BCUT2D eigenvalue weighted by Crippen LogP contribution is -2.18. The van der Waals surface area contributed by atoms with E-state index in [-0.39, 0.29) is 17.5 Å². The zero-order valence-electron chi connectivity index (χ0n) is 9.16. The molecule has 2 heterocycles. The summed E-state index contributed by atoms with van der Waals surface area (Å²) in [4.78, 5) is 25.1. The van der Waals surface area contributed by atoms with Crippen molar-refractivity contribution in [3.63, 3.8) is 0 Å². The lowest BCUT2D eigenvalue weighted by atomic mass is 10.3. The van der Waals surface area contributed by atoms with Crippen LogP contribution in [0.25, 0.3) is 11.2 Å². The molecule has 0 spiro atoms. The SMILES string of the molecule is CCNC(C)c1nc2nc(N)[nH]c(=O)c2[nH]1. The normalized spacial score (nSPS) is 13.1. The molecule has 1 atom stereocenters. The van der Waals surface area contributed by atoms with E-state index >= 15 is 0 Å². The van der Waals surface area contributed by atoms with Crippen LogP contribution in [0.4, 0.5) is 5.95 Å². The van der Waals surface area contributed by atoms with Crippen LogP contribution in [-0.4, -0.2) is 26.5 Å². The highest BCUT2D eigenvalue weighted by Crippen LogP contribution is 2.11. The number of hydrogen-bond donors (Lipinski definition) is 4. The zero-order chi connectivity index (χ0) is 11.7. The predicted octanol–water partition coefficient (Wildman–Crippen LogP) is -0.101. The quantitative estimate of drug-likeness (QED) is 0.579. The second-order valence-corrected chi connectivity index (χ2v) is 3.55. The smallest absolute Gasteiger partial charge is 0.278 e. The summed E-state index contributed by atoms with van der Waals surface area (Å²) in [5.74, 6) is 0.757. The minimum absolute atomic E-state index is 0.0415. The average molecular weight is 222 g/mol. The third-order valence-electron chi connectivity index (χ3n) is 2.32. The maximum absolute atomic E-state index is 11.5. The summed E-state index contributed by atoms with van der Waals surface area (Å²) >= 11 is 0. The summed E-state index contributed by atoms with van der Waals surface area (Å²) < 4.78 is 0. The molecule has 0 bridgehead atoms. The third kappa shape index (κ3) is 1.76. The Bertz CT molecular complexity index is 557. The van der Waals surface area contributed by atoms with E-state index in [0.717, 1.165) is 6.54 Å². The van der Waals surface area contributed by atoms with Gasteiger partial charge in [-0.25, -0.2) is 4.98 Å². The first-order valence-corrected chi connectivity index (χ1v) is 5.10. The Hall–Kier alpha value is -1.89. The third-order valence-corrected chi connectivity index (χ3v) is 2.32. The lowest BCUT2D eigenvalue weighted by molar-refractivity contribution is 0.573. The number of aromatic nitrogens is 4. The molecular weight excluding hydrogens is 208 g/mol. The number of anilines is 1. The van der Waals surface area contributed by atoms with Gasteiger partial charge in [0.1, 0.15) is 5.82 Å². The van der Waals surface area contributed by atoms with Crippen molar-refractivity contribution < 1.29 is 0 Å². The van der Waals surface area contributed by atoms with Gasteiger partial charge in [0.05, 0.1) is 6.04 Å². The molecule has 0 fully saturated rings. The molecule has 0 saturated heterocycles. The fourth-order valence-electron chi connectivity index (χ4n) is 1.55. The van der Waals surface area contributed by atoms with Crippen molar-refractivity contribution in [3.8, 4) is 0 Å². The number of imidazole rings is 1. The van der Waals surface area contributed by atoms with Crippen LogP contribution in [0.15, 0.2) is 4.79 Å². The lowest BCUT2D eigenvalue weighted by Gasteiger charge is -2.07. The topological polar surface area (TPSA) is 112 Å². The van der Waals surface area contributed by atoms with Crippen LogP contribution in [0.5, 0.6) is 0 Å². The van der Waals surface area contributed by atoms with E-state index < -0.39 is 0 Å². The van der Waals surface area contributed by atoms with Crippen LogP contribution in [0.3, 0.4) is 0 Å². The van der Waals surface area contributed by atoms with Crippen molar-refractivity contribution in [1.29, 1.82) is 0 Å². The van der Waals surface area contributed by atoms with Crippen molar-refractivity contribution in [2.75, 3.05) is 12.3 Å². The van der Waals surface area contributed by atoms with Gasteiger partial charge in [-0.05, 0) is 13.5 Å². The van der Waals surface area contributed by atoms with Gasteiger partial charge in [-0.1, -0.05) is 6.92 Å². The molecule has 2 aromatic rings. The monoisotopic (exact) mass is 222 g/mol. The van der Waals surface area contributed by atoms with Crippen molar-refractivity contribution >= 4 is 17.1 Å². The van der Waals surface area contributed by atoms with E-state index in [1.54, 1.807) is 0 Å². The first kappa shape index (κ1) is 10.6. The number of nitrogen functional groups attached to an aromatic ring is 1. The van der Waals surface area contributed by atoms with Crippen molar-refractivity contribution in [3.05, 3.63) is 16.2 Å². The number of hydrogen-bond acceptors (Lipinski definition) is 5. The summed E-state index contributed by atoms with van der Waals surface area (Å²) in [5.41, 5.74) is 5.84. The van der Waals surface area contributed by atoms with Crippen molar-refractivity contribution in [1.82, 2.24) is 25.3 Å². The zero-order valence-corrected chi connectivity index (χ0v) is 9.16. The molecule has 7 nitrogen and oxygen atoms in total. The Morgan fingerprint density at radius 3 is 2.88 bits per heavy atom. The second kappa shape index (κ2) is 3.93. The summed E-state index contributed by atoms with van der Waals surface area (Å²) in [6.07, 6.45) is 0. The van der Waals surface area contributed by atoms with Crippen molar-refractivity contribution in [2.45, 2.75) is 19.9 Å². The van der Waals surface area contributed by atoms with Gasteiger partial charge in [-0.2, -0.15) is 4.98 Å². The van der Waals surface area contributed by atoms with Crippen LogP contribution < -0.4 is 16.6 Å². The number of nitrogens with one attached hydrogen (secondary N) is 3. The molecule has 0 saturated carbocycles. The van der Waals surface area contributed by atoms with E-state index in [0.29, 0.717) is 17.0 Å². The number of nitrogens with zero attached hydrogens (tertiary/aromatic N) is 2. The summed E-state index contributed by atoms with van der Waals surface area (Å²) in [6.45, 7) is 4.78. The van der Waals surface area contributed by atoms with Crippen molar-refractivity contribution in [2.24, 2.45) is 0 Å². The highest BCUT2D eigenvalue weighted by Gasteiger charge is 2.12. The highest BCUT2D eigenvalue weighted by molar-refractivity contribution is 5.70. The fraction of sp³-hybridized carbons (Fsp3) is 0.444. The highest BCUT2D eigenvalue weighted by atomic mass is 16.1. The molecule has 0 amide bonds. The summed E-state index contributed by atoms with van der Waals surface area (Å²) in [7, 11) is 0. The molecule has 7 heteroatoms. The van der Waals surface area contributed by atoms with E-state index in [9.17, 15) is 4.79 Å². The molecule has 0 aliphatic rings. The summed E-state index contributed by atoms with van der Waals surface area (Å²) in [5, 5.41) is 3.19. The molecule has 2 rings (SSSR count). The van der Waals surface area contributed by atoms with Gasteiger partial charge in [-0.3, -0.25) is 9.78 Å². The van der Waals surface area contributed by atoms with Gasteiger partial charge in [0.2, 0.25) is 5.95 Å². The molecule has 0 radical (unpaired) electrons. The Labute approximate surface area is 91.5 Å². The number of aromatic amines is 2. The van der Waals surface area contributed by atoms with Crippen LogP contribution in [0.2, 0.25) is 0 Å². The maximum atomic E-state index is 11.5. The first-order valence-electron chi connectivity index (χ1n) is 5.10. The Morgan fingerprint density at radius 2 is 2.19 bits per heavy atom. The van der Waals surface area contributed by atoms with Crippen LogP contribution in [-0.2, 0) is 0 Å². The van der Waals surface area contributed by atoms with E-state index in [1.807, 2.05) is 13.8 Å². The number of fused-ring (bicyclic) bond motifs is 1. The first-order chi connectivity index (χ1) is 7.61. The van der Waals surface area contributed by atoms with Gasteiger partial charge < -0.3 is 16.0 Å². The molecule has 0 aliphatic carbocycles. The van der Waals surface area contributed by atoms with Gasteiger partial charge in [0.15, 0.2) is 11.2 Å². The maximum Gasteiger partial charge on any atom is 0.278 e. The molecule has 5 N–H and O–H groups in total. The molecule has 86 valence electrons. The summed E-state index contributed by atoms with van der Waals surface area (Å²) in [6, 6.07) is 0.0415. The number of rotatable bonds is 3. The molecule has 1 unspecified atom stereocenters. The van der Waals surface area contributed by atoms with E-state index in [4.69, 9.17) is 5.73 Å². The Balaban J connectivity index is 2.51. The molecule has 0 aliphatic heterocycles. The number of nitrogens with two attached hydrogens (primary N) is 1. The van der Waals surface area contributed by atoms with Gasteiger partial charge in [0.25, 0.3) is 5.56 Å². The van der Waals surface area contributed by atoms with Gasteiger partial charge in [0, 0.05) is 0 Å².